The Morgan fingerprint density at radius 1 is 1.29 bits per heavy atom. The van der Waals surface area contributed by atoms with E-state index in [2.05, 4.69) is 5.73 Å². The third-order valence-electron chi connectivity index (χ3n) is 2.17. The summed E-state index contributed by atoms with van der Waals surface area (Å²) in [5.74, 6) is 0. The van der Waals surface area contributed by atoms with Gasteiger partial charge in [0.15, 0.2) is 0 Å². The molecule has 0 aliphatic rings. The van der Waals surface area contributed by atoms with Crippen LogP contribution in [0.3, 0.4) is 0 Å². The van der Waals surface area contributed by atoms with Gasteiger partial charge in [0.1, 0.15) is 0 Å². The summed E-state index contributed by atoms with van der Waals surface area (Å²) in [7, 11) is 0. The van der Waals surface area contributed by atoms with Crippen molar-refractivity contribution in [1.82, 2.24) is 0 Å². The Bertz CT molecular complexity index is 349. The van der Waals surface area contributed by atoms with Gasteiger partial charge in [0.2, 0.25) is 0 Å². The van der Waals surface area contributed by atoms with Crippen molar-refractivity contribution in [1.29, 1.82) is 0 Å². The van der Waals surface area contributed by atoms with Gasteiger partial charge in [-0.1, -0.05) is 30.3 Å². The third kappa shape index (κ3) is 3.21. The van der Waals surface area contributed by atoms with Gasteiger partial charge in [-0.15, -0.1) is 5.73 Å². The molecule has 0 atom stereocenters. The lowest BCUT2D eigenvalue weighted by Gasteiger charge is -2.15. The van der Waals surface area contributed by atoms with E-state index in [1.165, 1.54) is 0 Å². The Kier molecular flexibility index (Phi) is 3.29. The number of benzene rings is 1. The van der Waals surface area contributed by atoms with E-state index in [1.54, 1.807) is 13.8 Å². The Labute approximate surface area is 85.4 Å². The van der Waals surface area contributed by atoms with Gasteiger partial charge in [0.05, 0.1) is 5.60 Å². The fourth-order valence-electron chi connectivity index (χ4n) is 0.917. The maximum absolute atomic E-state index is 9.64. The van der Waals surface area contributed by atoms with Crippen LogP contribution in [-0.4, -0.2) is 10.7 Å². The quantitative estimate of drug-likeness (QED) is 0.707. The van der Waals surface area contributed by atoms with Gasteiger partial charge in [-0.2, -0.15) is 0 Å². The second-order valence-electron chi connectivity index (χ2n) is 3.88. The lowest BCUT2D eigenvalue weighted by Crippen LogP contribution is -2.19. The molecule has 0 spiro atoms. The molecular weight excluding hydrogens is 172 g/mol. The molecule has 0 amide bonds. The SMILES string of the molecule is CC(=C=Cc1ccccc1)C(C)(C)O. The first-order valence-corrected chi connectivity index (χ1v) is 4.71. The summed E-state index contributed by atoms with van der Waals surface area (Å²) in [6.45, 7) is 5.39. The highest BCUT2D eigenvalue weighted by Gasteiger charge is 2.13. The zero-order chi connectivity index (χ0) is 10.6. The van der Waals surface area contributed by atoms with Crippen LogP contribution in [0.4, 0.5) is 0 Å². The molecule has 0 heterocycles. The second kappa shape index (κ2) is 4.28. The molecule has 0 fully saturated rings. The topological polar surface area (TPSA) is 20.2 Å². The minimum Gasteiger partial charge on any atom is -0.385 e. The largest absolute Gasteiger partial charge is 0.385 e. The van der Waals surface area contributed by atoms with Crippen LogP contribution in [-0.2, 0) is 0 Å². The number of hydrogen-bond donors (Lipinski definition) is 1. The molecule has 0 aliphatic heterocycles. The molecule has 74 valence electrons. The summed E-state index contributed by atoms with van der Waals surface area (Å²) in [6, 6.07) is 9.94. The molecule has 14 heavy (non-hydrogen) atoms. The zero-order valence-corrected chi connectivity index (χ0v) is 8.91. The highest BCUT2D eigenvalue weighted by molar-refractivity contribution is 5.49. The molecule has 1 rings (SSSR count). The van der Waals surface area contributed by atoms with Crippen molar-refractivity contribution in [3.63, 3.8) is 0 Å². The Morgan fingerprint density at radius 3 is 2.36 bits per heavy atom. The molecule has 0 aliphatic carbocycles. The van der Waals surface area contributed by atoms with Gasteiger partial charge >= 0.3 is 0 Å². The lowest BCUT2D eigenvalue weighted by molar-refractivity contribution is 0.120. The van der Waals surface area contributed by atoms with E-state index in [-0.39, 0.29) is 0 Å². The van der Waals surface area contributed by atoms with Crippen LogP contribution in [0, 0.1) is 0 Å². The molecule has 0 bridgehead atoms. The van der Waals surface area contributed by atoms with E-state index in [9.17, 15) is 5.11 Å². The van der Waals surface area contributed by atoms with E-state index >= 15 is 0 Å². The average molecular weight is 188 g/mol. The van der Waals surface area contributed by atoms with Crippen molar-refractivity contribution < 1.29 is 5.11 Å². The van der Waals surface area contributed by atoms with Crippen LogP contribution in [0.15, 0.2) is 41.6 Å². The molecule has 1 aromatic rings. The zero-order valence-electron chi connectivity index (χ0n) is 8.91. The highest BCUT2D eigenvalue weighted by Crippen LogP contribution is 2.13. The first-order chi connectivity index (χ1) is 6.50. The van der Waals surface area contributed by atoms with Crippen molar-refractivity contribution in [2.24, 2.45) is 0 Å². The second-order valence-corrected chi connectivity index (χ2v) is 3.88. The lowest BCUT2D eigenvalue weighted by atomic mass is 10.0. The molecule has 0 aromatic heterocycles. The van der Waals surface area contributed by atoms with E-state index in [1.807, 2.05) is 43.3 Å². The normalized spacial score (nSPS) is 10.6. The standard InChI is InChI=1S/C13H16O/c1-11(13(2,3)14)9-10-12-7-5-4-6-8-12/h4-8,10,14H,1-3H3. The van der Waals surface area contributed by atoms with Gasteiger partial charge in [-0.3, -0.25) is 0 Å². The number of rotatable bonds is 2. The summed E-state index contributed by atoms with van der Waals surface area (Å²) in [6.07, 6.45) is 1.88. The highest BCUT2D eigenvalue weighted by atomic mass is 16.3. The number of hydrogen-bond acceptors (Lipinski definition) is 1. The van der Waals surface area contributed by atoms with E-state index in [0.29, 0.717) is 0 Å². The summed E-state index contributed by atoms with van der Waals surface area (Å²) >= 11 is 0. The molecule has 1 heteroatoms. The molecule has 0 unspecified atom stereocenters. The maximum atomic E-state index is 9.64. The molecule has 1 N–H and O–H groups in total. The predicted octanol–water partition coefficient (Wildman–Crippen LogP) is 3.02. The minimum atomic E-state index is -0.786. The van der Waals surface area contributed by atoms with Crippen molar-refractivity contribution in [2.45, 2.75) is 26.4 Å². The summed E-state index contributed by atoms with van der Waals surface area (Å²) in [5, 5.41) is 9.64. The van der Waals surface area contributed by atoms with Crippen LogP contribution in [0.1, 0.15) is 26.3 Å². The van der Waals surface area contributed by atoms with Crippen molar-refractivity contribution >= 4 is 6.08 Å². The summed E-state index contributed by atoms with van der Waals surface area (Å²) in [4.78, 5) is 0. The summed E-state index contributed by atoms with van der Waals surface area (Å²) in [5.41, 5.74) is 4.22. The first-order valence-electron chi connectivity index (χ1n) is 4.71. The van der Waals surface area contributed by atoms with E-state index < -0.39 is 5.60 Å². The van der Waals surface area contributed by atoms with Gasteiger partial charge in [0, 0.05) is 0 Å². The molecule has 1 nitrogen and oxygen atoms in total. The Balaban J connectivity index is 2.93. The summed E-state index contributed by atoms with van der Waals surface area (Å²) < 4.78 is 0. The van der Waals surface area contributed by atoms with Crippen LogP contribution >= 0.6 is 0 Å². The minimum absolute atomic E-state index is 0.786. The van der Waals surface area contributed by atoms with Gasteiger partial charge < -0.3 is 5.11 Å². The van der Waals surface area contributed by atoms with E-state index in [0.717, 1.165) is 11.1 Å². The molecule has 0 saturated heterocycles. The monoisotopic (exact) mass is 188 g/mol. The molecule has 1 aromatic carbocycles. The molecular formula is C13H16O. The third-order valence-corrected chi connectivity index (χ3v) is 2.17. The fraction of sp³-hybridized carbons (Fsp3) is 0.308. The smallest absolute Gasteiger partial charge is 0.0871 e. The first kappa shape index (κ1) is 10.8. The van der Waals surface area contributed by atoms with Crippen LogP contribution < -0.4 is 0 Å². The molecule has 0 radical (unpaired) electrons. The van der Waals surface area contributed by atoms with Gasteiger partial charge in [-0.25, -0.2) is 0 Å². The van der Waals surface area contributed by atoms with Gasteiger partial charge in [-0.05, 0) is 38.0 Å². The fourth-order valence-corrected chi connectivity index (χ4v) is 0.917. The van der Waals surface area contributed by atoms with Crippen LogP contribution in [0.2, 0.25) is 0 Å². The van der Waals surface area contributed by atoms with Crippen molar-refractivity contribution in [3.05, 3.63) is 47.2 Å². The van der Waals surface area contributed by atoms with Crippen LogP contribution in [0.5, 0.6) is 0 Å². The predicted molar refractivity (Wildman–Crippen MR) is 59.9 cm³/mol. The Morgan fingerprint density at radius 2 is 1.86 bits per heavy atom. The van der Waals surface area contributed by atoms with Crippen molar-refractivity contribution in [3.8, 4) is 0 Å². The van der Waals surface area contributed by atoms with E-state index in [4.69, 9.17) is 0 Å². The molecule has 0 saturated carbocycles. The van der Waals surface area contributed by atoms with Gasteiger partial charge in [0.25, 0.3) is 0 Å². The average Bonchev–Trinajstić information content (AvgIpc) is 2.14. The number of aliphatic hydroxyl groups is 1. The Hall–Kier alpha value is -1.30. The van der Waals surface area contributed by atoms with Crippen molar-refractivity contribution in [2.75, 3.05) is 0 Å². The van der Waals surface area contributed by atoms with Crippen LogP contribution in [0.25, 0.3) is 6.08 Å². The maximum Gasteiger partial charge on any atom is 0.0871 e.